The number of nitrogens with zero attached hydrogens (tertiary/aromatic N) is 1. The Hall–Kier alpha value is -1.46. The molecule has 0 aliphatic carbocycles. The second-order valence-corrected chi connectivity index (χ2v) is 4.43. The van der Waals surface area contributed by atoms with Crippen LogP contribution in [0.3, 0.4) is 0 Å². The van der Waals surface area contributed by atoms with Crippen LogP contribution in [0.25, 0.3) is 0 Å². The number of halogens is 1. The summed E-state index contributed by atoms with van der Waals surface area (Å²) in [4.78, 5) is 12.1. The van der Waals surface area contributed by atoms with E-state index in [0.29, 0.717) is 24.2 Å². The third-order valence-corrected chi connectivity index (χ3v) is 2.76. The summed E-state index contributed by atoms with van der Waals surface area (Å²) in [6.07, 6.45) is -0.714. The van der Waals surface area contributed by atoms with Crippen LogP contribution in [0.15, 0.2) is 18.2 Å². The predicted octanol–water partition coefficient (Wildman–Crippen LogP) is 1.57. The molecule has 0 saturated carbocycles. The topological polar surface area (TPSA) is 60.8 Å². The molecule has 5 heteroatoms. The molecule has 1 aromatic rings. The van der Waals surface area contributed by atoms with Gasteiger partial charge in [0.2, 0.25) is 0 Å². The number of carbonyl (C=O) groups is 1. The van der Waals surface area contributed by atoms with Crippen molar-refractivity contribution in [3.05, 3.63) is 35.1 Å². The van der Waals surface area contributed by atoms with Crippen LogP contribution in [0.4, 0.5) is 4.39 Å². The Morgan fingerprint density at radius 3 is 2.72 bits per heavy atom. The van der Waals surface area contributed by atoms with Crippen molar-refractivity contribution >= 4 is 5.97 Å². The lowest BCUT2D eigenvalue weighted by atomic mass is 10.1. The van der Waals surface area contributed by atoms with Gasteiger partial charge in [0.05, 0.1) is 12.5 Å². The fourth-order valence-electron chi connectivity index (χ4n) is 1.65. The number of benzene rings is 1. The van der Waals surface area contributed by atoms with Crippen LogP contribution < -0.4 is 0 Å². The second kappa shape index (κ2) is 6.47. The molecule has 2 N–H and O–H groups in total. The average Bonchev–Trinajstić information content (AvgIpc) is 2.30. The van der Waals surface area contributed by atoms with Gasteiger partial charge in [-0.2, -0.15) is 0 Å². The fourth-order valence-corrected chi connectivity index (χ4v) is 1.65. The van der Waals surface area contributed by atoms with Gasteiger partial charge in [0, 0.05) is 13.1 Å². The molecule has 0 radical (unpaired) electrons. The van der Waals surface area contributed by atoms with Crippen molar-refractivity contribution in [1.82, 2.24) is 4.90 Å². The lowest BCUT2D eigenvalue weighted by Crippen LogP contribution is -2.27. The van der Waals surface area contributed by atoms with Gasteiger partial charge in [-0.3, -0.25) is 4.79 Å². The lowest BCUT2D eigenvalue weighted by Gasteiger charge is -2.20. The minimum absolute atomic E-state index is 0.0334. The summed E-state index contributed by atoms with van der Waals surface area (Å²) >= 11 is 0. The van der Waals surface area contributed by atoms with Crippen molar-refractivity contribution in [2.75, 3.05) is 20.1 Å². The molecular weight excluding hydrogens is 237 g/mol. The Morgan fingerprint density at radius 1 is 1.50 bits per heavy atom. The van der Waals surface area contributed by atoms with Gasteiger partial charge in [0.1, 0.15) is 5.82 Å². The molecule has 0 bridgehead atoms. The van der Waals surface area contributed by atoms with Gasteiger partial charge < -0.3 is 15.1 Å². The van der Waals surface area contributed by atoms with Crippen LogP contribution in [0.5, 0.6) is 0 Å². The number of likely N-dealkylation sites (N-methyl/N-ethyl adjacent to an activating group) is 1. The van der Waals surface area contributed by atoms with Gasteiger partial charge in [0.15, 0.2) is 0 Å². The number of aryl methyl sites for hydroxylation is 1. The molecule has 0 aromatic heterocycles. The zero-order chi connectivity index (χ0) is 13.7. The number of aliphatic hydroxyl groups is 1. The smallest absolute Gasteiger partial charge is 0.304 e. The second-order valence-electron chi connectivity index (χ2n) is 4.43. The number of aliphatic carboxylic acids is 1. The van der Waals surface area contributed by atoms with E-state index in [9.17, 15) is 14.3 Å². The van der Waals surface area contributed by atoms with Crippen LogP contribution in [-0.2, 0) is 4.79 Å². The predicted molar refractivity (Wildman–Crippen MR) is 65.8 cm³/mol. The van der Waals surface area contributed by atoms with Gasteiger partial charge >= 0.3 is 5.97 Å². The maximum absolute atomic E-state index is 13.1. The molecule has 0 fully saturated rings. The van der Waals surface area contributed by atoms with E-state index >= 15 is 0 Å². The molecule has 4 nitrogen and oxygen atoms in total. The van der Waals surface area contributed by atoms with Crippen LogP contribution in [0.1, 0.15) is 23.7 Å². The zero-order valence-corrected chi connectivity index (χ0v) is 10.6. The van der Waals surface area contributed by atoms with E-state index in [4.69, 9.17) is 5.11 Å². The van der Waals surface area contributed by atoms with Crippen LogP contribution in [0.2, 0.25) is 0 Å². The molecule has 0 aliphatic heterocycles. The van der Waals surface area contributed by atoms with E-state index < -0.39 is 12.1 Å². The Balaban J connectivity index is 2.56. The Labute approximate surface area is 106 Å². The third-order valence-electron chi connectivity index (χ3n) is 2.76. The lowest BCUT2D eigenvalue weighted by molar-refractivity contribution is -0.137. The van der Waals surface area contributed by atoms with Gasteiger partial charge in [-0.05, 0) is 31.2 Å². The number of rotatable bonds is 6. The Bertz CT molecular complexity index is 423. The number of carboxylic acids is 1. The van der Waals surface area contributed by atoms with Crippen LogP contribution >= 0.6 is 0 Å². The van der Waals surface area contributed by atoms with E-state index in [0.717, 1.165) is 0 Å². The molecule has 1 aromatic carbocycles. The Morgan fingerprint density at radius 2 is 2.17 bits per heavy atom. The van der Waals surface area contributed by atoms with E-state index in [-0.39, 0.29) is 12.2 Å². The molecule has 0 spiro atoms. The summed E-state index contributed by atoms with van der Waals surface area (Å²) in [5.74, 6) is -1.17. The highest BCUT2D eigenvalue weighted by atomic mass is 19.1. The highest BCUT2D eigenvalue weighted by Gasteiger charge is 2.12. The van der Waals surface area contributed by atoms with Crippen molar-refractivity contribution in [2.45, 2.75) is 19.4 Å². The molecule has 0 amide bonds. The molecule has 1 unspecified atom stereocenters. The molecule has 0 saturated heterocycles. The number of aliphatic hydroxyl groups excluding tert-OH is 1. The minimum Gasteiger partial charge on any atom is -0.481 e. The number of hydrogen-bond acceptors (Lipinski definition) is 3. The number of hydrogen-bond donors (Lipinski definition) is 2. The molecule has 0 aliphatic rings. The molecule has 1 atom stereocenters. The van der Waals surface area contributed by atoms with Crippen molar-refractivity contribution in [2.24, 2.45) is 0 Å². The van der Waals surface area contributed by atoms with E-state index in [2.05, 4.69) is 0 Å². The van der Waals surface area contributed by atoms with Gasteiger partial charge in [-0.15, -0.1) is 0 Å². The van der Waals surface area contributed by atoms with E-state index in [1.165, 1.54) is 12.1 Å². The standard InChI is InChI=1S/C13H18FNO3/c1-9-7-10(3-4-11(9)14)12(16)8-15(2)6-5-13(17)18/h3-4,7,12,16H,5-6,8H2,1-2H3,(H,17,18). The van der Waals surface area contributed by atoms with Crippen molar-refractivity contribution < 1.29 is 19.4 Å². The number of carboxylic acid groups (broad SMARTS) is 1. The summed E-state index contributed by atoms with van der Waals surface area (Å²) < 4.78 is 13.1. The molecule has 1 rings (SSSR count). The van der Waals surface area contributed by atoms with Crippen molar-refractivity contribution in [3.8, 4) is 0 Å². The molecule has 100 valence electrons. The highest BCUT2D eigenvalue weighted by Crippen LogP contribution is 2.17. The van der Waals surface area contributed by atoms with Gasteiger partial charge in [-0.1, -0.05) is 12.1 Å². The van der Waals surface area contributed by atoms with Crippen LogP contribution in [0, 0.1) is 12.7 Å². The fraction of sp³-hybridized carbons (Fsp3) is 0.462. The minimum atomic E-state index is -0.867. The van der Waals surface area contributed by atoms with Crippen molar-refractivity contribution in [1.29, 1.82) is 0 Å². The van der Waals surface area contributed by atoms with E-state index in [1.807, 2.05) is 0 Å². The van der Waals surface area contributed by atoms with Gasteiger partial charge in [-0.25, -0.2) is 4.39 Å². The van der Waals surface area contributed by atoms with E-state index in [1.54, 1.807) is 24.9 Å². The highest BCUT2D eigenvalue weighted by molar-refractivity contribution is 5.66. The first kappa shape index (κ1) is 14.6. The SMILES string of the molecule is Cc1cc(C(O)CN(C)CCC(=O)O)ccc1F. The summed E-state index contributed by atoms with van der Waals surface area (Å²) in [6, 6.07) is 4.47. The monoisotopic (exact) mass is 255 g/mol. The molecular formula is C13H18FNO3. The third kappa shape index (κ3) is 4.43. The Kier molecular flexibility index (Phi) is 5.25. The molecule has 18 heavy (non-hydrogen) atoms. The summed E-state index contributed by atoms with van der Waals surface area (Å²) in [5.41, 5.74) is 1.12. The zero-order valence-electron chi connectivity index (χ0n) is 10.6. The van der Waals surface area contributed by atoms with Crippen molar-refractivity contribution in [3.63, 3.8) is 0 Å². The first-order valence-corrected chi connectivity index (χ1v) is 5.74. The summed E-state index contributed by atoms with van der Waals surface area (Å²) in [7, 11) is 1.74. The molecule has 0 heterocycles. The average molecular weight is 255 g/mol. The normalized spacial score (nSPS) is 12.7. The first-order valence-electron chi connectivity index (χ1n) is 5.74. The largest absolute Gasteiger partial charge is 0.481 e. The maximum atomic E-state index is 13.1. The van der Waals surface area contributed by atoms with Gasteiger partial charge in [0.25, 0.3) is 0 Å². The van der Waals surface area contributed by atoms with Crippen LogP contribution in [-0.4, -0.2) is 41.2 Å². The quantitative estimate of drug-likeness (QED) is 0.810. The first-order chi connectivity index (χ1) is 8.40. The summed E-state index contributed by atoms with van der Waals surface area (Å²) in [5, 5.41) is 18.5. The maximum Gasteiger partial charge on any atom is 0.304 e. The summed E-state index contributed by atoms with van der Waals surface area (Å²) in [6.45, 7) is 2.32.